The van der Waals surface area contributed by atoms with E-state index < -0.39 is 23.9 Å². The topological polar surface area (TPSA) is 142 Å². The van der Waals surface area contributed by atoms with Gasteiger partial charge < -0.3 is 37.9 Å². The average Bonchev–Trinajstić information content (AvgIpc) is 3.08. The first-order chi connectivity index (χ1) is 22.3. The maximum Gasteiger partial charge on any atom is 0.335 e. The first-order valence-electron chi connectivity index (χ1n) is 12.8. The van der Waals surface area contributed by atoms with Gasteiger partial charge in [0.15, 0.2) is 23.0 Å². The van der Waals surface area contributed by atoms with Crippen LogP contribution in [0.2, 0.25) is 0 Å². The van der Waals surface area contributed by atoms with Crippen molar-refractivity contribution in [3.63, 3.8) is 0 Å². The van der Waals surface area contributed by atoms with Crippen LogP contribution in [0.5, 0.6) is 23.0 Å². The quantitative estimate of drug-likeness (QED) is 0.0612. The van der Waals surface area contributed by atoms with Gasteiger partial charge in [-0.25, -0.2) is 19.2 Å². The van der Waals surface area contributed by atoms with Crippen molar-refractivity contribution in [2.45, 2.75) is 0 Å². The van der Waals surface area contributed by atoms with Crippen LogP contribution in [0, 0.1) is 0 Å². The second-order valence-corrected chi connectivity index (χ2v) is 7.87. The third-order valence-corrected chi connectivity index (χ3v) is 4.81. The first-order valence-corrected chi connectivity index (χ1v) is 12.8. The van der Waals surface area contributed by atoms with Gasteiger partial charge in [-0.05, 0) is 35.4 Å². The molecule has 0 atom stereocenters. The Hall–Kier alpha value is -6.82. The number of ether oxygens (including phenoxy) is 8. The molecule has 12 nitrogen and oxygen atoms in total. The molecule has 2 aromatic rings. The summed E-state index contributed by atoms with van der Waals surface area (Å²) < 4.78 is 41.1. The van der Waals surface area contributed by atoms with Gasteiger partial charge in [0, 0.05) is 24.3 Å². The summed E-state index contributed by atoms with van der Waals surface area (Å²) in [6, 6.07) is 9.84. The van der Waals surface area contributed by atoms with Crippen LogP contribution in [0.3, 0.4) is 0 Å². The minimum absolute atomic E-state index is 0.212. The van der Waals surface area contributed by atoms with Crippen molar-refractivity contribution in [3.8, 4) is 23.0 Å². The smallest absolute Gasteiger partial charge is 0.335 e. The third-order valence-electron chi connectivity index (χ3n) is 4.81. The Bertz CT molecular complexity index is 1470. The molecule has 0 heterocycles. The van der Waals surface area contributed by atoms with E-state index in [2.05, 4.69) is 26.3 Å². The van der Waals surface area contributed by atoms with E-state index in [4.69, 9.17) is 37.9 Å². The number of benzene rings is 2. The lowest BCUT2D eigenvalue weighted by atomic mass is 10.1. The van der Waals surface area contributed by atoms with E-state index in [0.29, 0.717) is 11.1 Å². The van der Waals surface area contributed by atoms with E-state index in [9.17, 15) is 19.2 Å². The highest BCUT2D eigenvalue weighted by Crippen LogP contribution is 2.32. The van der Waals surface area contributed by atoms with Crippen molar-refractivity contribution in [1.82, 2.24) is 0 Å². The molecule has 0 N–H and O–H groups in total. The summed E-state index contributed by atoms with van der Waals surface area (Å²) in [6.07, 6.45) is 16.0. The molecule has 0 amide bonds. The molecule has 0 saturated heterocycles. The van der Waals surface area contributed by atoms with Gasteiger partial charge in [-0.15, -0.1) is 0 Å². The van der Waals surface area contributed by atoms with Crippen molar-refractivity contribution >= 4 is 36.0 Å². The van der Waals surface area contributed by atoms with Gasteiger partial charge in [-0.1, -0.05) is 50.6 Å². The van der Waals surface area contributed by atoms with Gasteiger partial charge in [0.25, 0.3) is 0 Å². The van der Waals surface area contributed by atoms with Gasteiger partial charge in [-0.2, -0.15) is 0 Å². The summed E-state index contributed by atoms with van der Waals surface area (Å²) in [6.45, 7) is 13.2. The Balaban J connectivity index is 2.31. The van der Waals surface area contributed by atoms with E-state index in [1.165, 1.54) is 0 Å². The predicted octanol–water partition coefficient (Wildman–Crippen LogP) is 6.17. The molecule has 0 aliphatic rings. The average molecular weight is 629 g/mol. The normalized spacial score (nSPS) is 10.9. The Morgan fingerprint density at radius 2 is 0.696 bits per heavy atom. The number of carbonyl (C=O) groups is 4. The number of hydrogen-bond acceptors (Lipinski definition) is 12. The summed E-state index contributed by atoms with van der Waals surface area (Å²) in [5.74, 6) is -1.82. The van der Waals surface area contributed by atoms with E-state index in [-0.39, 0.29) is 23.0 Å². The lowest BCUT2D eigenvalue weighted by Gasteiger charge is -2.09. The maximum atomic E-state index is 11.3. The Labute approximate surface area is 264 Å². The molecule has 0 spiro atoms. The fraction of sp³-hybridized carbons (Fsp3) is 0. The van der Waals surface area contributed by atoms with Crippen LogP contribution in [0.1, 0.15) is 11.1 Å². The van der Waals surface area contributed by atoms with Gasteiger partial charge in [0.1, 0.15) is 50.1 Å². The highest BCUT2D eigenvalue weighted by Gasteiger charge is 2.08. The lowest BCUT2D eigenvalue weighted by molar-refractivity contribution is -0.133. The molecule has 2 aromatic carbocycles. The highest BCUT2D eigenvalue weighted by molar-refractivity contribution is 5.82. The molecule has 0 saturated carbocycles. The predicted molar refractivity (Wildman–Crippen MR) is 166 cm³/mol. The third kappa shape index (κ3) is 13.4. The summed E-state index contributed by atoms with van der Waals surface area (Å²) in [7, 11) is 0. The summed E-state index contributed by atoms with van der Waals surface area (Å²) in [5.41, 5.74) is 1.32. The molecule has 0 fully saturated rings. The molecule has 0 aliphatic carbocycles. The first kappa shape index (κ1) is 35.4. The summed E-state index contributed by atoms with van der Waals surface area (Å²) in [4.78, 5) is 45.0. The van der Waals surface area contributed by atoms with Crippen LogP contribution in [0.4, 0.5) is 0 Å². The van der Waals surface area contributed by atoms with Crippen molar-refractivity contribution in [3.05, 3.63) is 148 Å². The minimum Gasteiger partial charge on any atom is -0.458 e. The van der Waals surface area contributed by atoms with E-state index in [1.54, 1.807) is 48.6 Å². The number of carbonyl (C=O) groups excluding carboxylic acids is 4. The second-order valence-electron chi connectivity index (χ2n) is 7.87. The van der Waals surface area contributed by atoms with Crippen molar-refractivity contribution < 1.29 is 57.1 Å². The molecular weight excluding hydrogens is 600 g/mol. The fourth-order valence-corrected chi connectivity index (χ4v) is 2.80. The van der Waals surface area contributed by atoms with Crippen LogP contribution < -0.4 is 18.9 Å². The minimum atomic E-state index is -0.680. The van der Waals surface area contributed by atoms with Gasteiger partial charge in [-0.3, -0.25) is 0 Å². The summed E-state index contributed by atoms with van der Waals surface area (Å²) in [5, 5.41) is 0. The molecule has 0 bridgehead atoms. The van der Waals surface area contributed by atoms with Crippen molar-refractivity contribution in [1.29, 1.82) is 0 Å². The molecule has 0 aromatic heterocycles. The van der Waals surface area contributed by atoms with Crippen LogP contribution in [0.25, 0.3) is 12.2 Å². The largest absolute Gasteiger partial charge is 0.458 e. The molecule has 46 heavy (non-hydrogen) atoms. The molecule has 0 radical (unpaired) electrons. The van der Waals surface area contributed by atoms with Gasteiger partial charge in [0.05, 0.1) is 0 Å². The second kappa shape index (κ2) is 20.1. The van der Waals surface area contributed by atoms with Crippen molar-refractivity contribution in [2.24, 2.45) is 0 Å². The molecule has 236 valence electrons. The summed E-state index contributed by atoms with van der Waals surface area (Å²) >= 11 is 0. The Morgan fingerprint density at radius 1 is 0.413 bits per heavy atom. The zero-order chi connectivity index (χ0) is 33.6. The van der Waals surface area contributed by atoms with E-state index >= 15 is 0 Å². The maximum absolute atomic E-state index is 11.3. The van der Waals surface area contributed by atoms with Crippen LogP contribution in [-0.4, -0.2) is 23.9 Å². The number of rotatable bonds is 18. The molecule has 0 aliphatic heterocycles. The van der Waals surface area contributed by atoms with E-state index in [0.717, 1.165) is 74.4 Å². The van der Waals surface area contributed by atoms with Gasteiger partial charge in [0.2, 0.25) is 0 Å². The molecule has 2 rings (SSSR count). The van der Waals surface area contributed by atoms with Crippen LogP contribution in [-0.2, 0) is 38.1 Å². The van der Waals surface area contributed by atoms with Crippen LogP contribution in [0.15, 0.2) is 137 Å². The SMILES string of the molecule is C=CC(=O)O/C=C/Oc1ccc(/C=C/c2ccc(O/C=C/OC(=O)C=C)c(O/C=C/OC(=O)C=C)c2)cc1O/C=C/OC(=O)C=C. The zero-order valence-electron chi connectivity index (χ0n) is 24.3. The Kier molecular flexibility index (Phi) is 15.5. The number of esters is 4. The standard InChI is InChI=1S/C34H28O12/c1-5-31(35)43-19-15-39-27-13-11-25(23-29(27)41-17-21-45-33(37)7-3)9-10-26-12-14-28(40-16-20-44-32(36)6-2)30(24-26)42-18-22-46-34(38)8-4/h5-24H,1-4H2/b10-9+,19-15+,20-16+,21-17+,22-18+. The molecular formula is C34H28O12. The van der Waals surface area contributed by atoms with Crippen LogP contribution >= 0.6 is 0 Å². The Morgan fingerprint density at radius 3 is 0.978 bits per heavy atom. The highest BCUT2D eigenvalue weighted by atomic mass is 16.6. The van der Waals surface area contributed by atoms with Gasteiger partial charge >= 0.3 is 23.9 Å². The zero-order valence-corrected chi connectivity index (χ0v) is 24.3. The fourth-order valence-electron chi connectivity index (χ4n) is 2.80. The lowest BCUT2D eigenvalue weighted by Crippen LogP contribution is -1.95. The number of hydrogen-bond donors (Lipinski definition) is 0. The molecule has 0 unspecified atom stereocenters. The molecule has 12 heteroatoms. The van der Waals surface area contributed by atoms with E-state index in [1.807, 2.05) is 0 Å². The monoisotopic (exact) mass is 628 g/mol. The van der Waals surface area contributed by atoms with Crippen molar-refractivity contribution in [2.75, 3.05) is 0 Å².